The summed E-state index contributed by atoms with van der Waals surface area (Å²) in [6, 6.07) is 1.90. The van der Waals surface area contributed by atoms with Gasteiger partial charge in [-0.25, -0.2) is 0 Å². The fourth-order valence-corrected chi connectivity index (χ4v) is 0.567. The van der Waals surface area contributed by atoms with Gasteiger partial charge in [0.05, 0.1) is 6.07 Å². The molecule has 4 N–H and O–H groups in total. The summed E-state index contributed by atoms with van der Waals surface area (Å²) in [6.07, 6.45) is 0.386. The van der Waals surface area contributed by atoms with Gasteiger partial charge in [0.1, 0.15) is 0 Å². The lowest BCUT2D eigenvalue weighted by Crippen LogP contribution is -2.11. The summed E-state index contributed by atoms with van der Waals surface area (Å²) in [5, 5.41) is 10.5. The van der Waals surface area contributed by atoms with Crippen LogP contribution in [0.4, 0.5) is 0 Å². The minimum absolute atomic E-state index is 0.386. The highest BCUT2D eigenvalue weighted by Crippen LogP contribution is 2.08. The molecule has 0 aliphatic carbocycles. The molecular weight excluding hydrogens is 125 g/mol. The average molecular weight is 133 g/mol. The number of nitrogens with zero attached hydrogens (tertiary/aromatic N) is 1. The lowest BCUT2D eigenvalue weighted by Gasteiger charge is -2.00. The van der Waals surface area contributed by atoms with Gasteiger partial charge in [0.25, 0.3) is 0 Å². The Kier molecular flexibility index (Phi) is 4.82. The molecule has 5 heteroatoms. The molecule has 46 valence electrons. The van der Waals surface area contributed by atoms with Crippen LogP contribution in [0, 0.1) is 11.3 Å². The van der Waals surface area contributed by atoms with Gasteiger partial charge in [0.2, 0.25) is 0 Å². The second-order valence-corrected chi connectivity index (χ2v) is 2.17. The van der Waals surface area contributed by atoms with Gasteiger partial charge >= 0.3 is 0 Å². The molecule has 0 aliphatic rings. The third kappa shape index (κ3) is 5.80. The molecule has 0 heterocycles. The first-order valence-electron chi connectivity index (χ1n) is 2.11. The SMILES string of the molecule is N#CCCNP(N)O. The Labute approximate surface area is 49.2 Å². The molecular formula is C3H8N3OP. The molecule has 0 radical (unpaired) electrons. The number of hydrogen-bond acceptors (Lipinski definition) is 4. The van der Waals surface area contributed by atoms with E-state index in [1.54, 1.807) is 0 Å². The van der Waals surface area contributed by atoms with E-state index in [1.807, 2.05) is 6.07 Å². The van der Waals surface area contributed by atoms with Gasteiger partial charge in [-0.05, 0) is 0 Å². The second kappa shape index (κ2) is 4.95. The van der Waals surface area contributed by atoms with E-state index in [4.69, 9.17) is 15.7 Å². The minimum atomic E-state index is -1.51. The summed E-state index contributed by atoms with van der Waals surface area (Å²) in [6.45, 7) is 0.467. The second-order valence-electron chi connectivity index (χ2n) is 1.16. The van der Waals surface area contributed by atoms with E-state index in [0.29, 0.717) is 13.0 Å². The van der Waals surface area contributed by atoms with Gasteiger partial charge in [-0.1, -0.05) is 0 Å². The topological polar surface area (TPSA) is 82.1 Å². The Balaban J connectivity index is 2.85. The Hall–Kier alpha value is -0.200. The van der Waals surface area contributed by atoms with Crippen LogP contribution in [-0.2, 0) is 0 Å². The molecule has 0 spiro atoms. The van der Waals surface area contributed by atoms with Gasteiger partial charge in [0.15, 0.2) is 8.45 Å². The largest absolute Gasteiger partial charge is 0.348 e. The van der Waals surface area contributed by atoms with Crippen molar-refractivity contribution in [1.29, 1.82) is 5.26 Å². The van der Waals surface area contributed by atoms with Gasteiger partial charge in [0, 0.05) is 13.0 Å². The molecule has 0 rings (SSSR count). The molecule has 0 saturated carbocycles. The van der Waals surface area contributed by atoms with E-state index < -0.39 is 8.45 Å². The minimum Gasteiger partial charge on any atom is -0.348 e. The monoisotopic (exact) mass is 133 g/mol. The van der Waals surface area contributed by atoms with Crippen LogP contribution >= 0.6 is 8.45 Å². The molecule has 0 bridgehead atoms. The molecule has 1 unspecified atom stereocenters. The van der Waals surface area contributed by atoms with Crippen molar-refractivity contribution in [2.24, 2.45) is 5.50 Å². The maximum absolute atomic E-state index is 8.40. The van der Waals surface area contributed by atoms with Gasteiger partial charge in [-0.2, -0.15) is 5.26 Å². The van der Waals surface area contributed by atoms with Crippen LogP contribution in [0.3, 0.4) is 0 Å². The van der Waals surface area contributed by atoms with E-state index in [2.05, 4.69) is 5.09 Å². The number of nitrogens with one attached hydrogen (secondary N) is 1. The summed E-state index contributed by atoms with van der Waals surface area (Å²) >= 11 is 0. The normalized spacial score (nSPS) is 12.6. The van der Waals surface area contributed by atoms with Gasteiger partial charge in [-0.3, -0.25) is 10.6 Å². The van der Waals surface area contributed by atoms with Crippen LogP contribution in [0.2, 0.25) is 0 Å². The fraction of sp³-hybridized carbons (Fsp3) is 0.667. The summed E-state index contributed by atoms with van der Waals surface area (Å²) in [5.74, 6) is 0. The third-order valence-corrected chi connectivity index (χ3v) is 1.06. The van der Waals surface area contributed by atoms with Crippen molar-refractivity contribution in [1.82, 2.24) is 5.09 Å². The van der Waals surface area contributed by atoms with Crippen LogP contribution in [0.1, 0.15) is 6.42 Å². The molecule has 0 fully saturated rings. The van der Waals surface area contributed by atoms with Gasteiger partial charge < -0.3 is 4.89 Å². The van der Waals surface area contributed by atoms with Crippen LogP contribution in [0.5, 0.6) is 0 Å². The van der Waals surface area contributed by atoms with Crippen molar-refractivity contribution in [3.63, 3.8) is 0 Å². The first kappa shape index (κ1) is 7.80. The first-order valence-corrected chi connectivity index (χ1v) is 3.48. The van der Waals surface area contributed by atoms with Crippen molar-refractivity contribution in [3.05, 3.63) is 0 Å². The van der Waals surface area contributed by atoms with Crippen molar-refractivity contribution in [3.8, 4) is 6.07 Å². The molecule has 0 aromatic rings. The molecule has 0 saturated heterocycles. The first-order chi connectivity index (χ1) is 3.77. The lowest BCUT2D eigenvalue weighted by atomic mass is 10.5. The van der Waals surface area contributed by atoms with E-state index in [9.17, 15) is 0 Å². The Morgan fingerprint density at radius 1 is 1.88 bits per heavy atom. The van der Waals surface area contributed by atoms with Gasteiger partial charge in [-0.15, -0.1) is 0 Å². The highest BCUT2D eigenvalue weighted by atomic mass is 31.2. The van der Waals surface area contributed by atoms with E-state index in [-0.39, 0.29) is 0 Å². The quantitative estimate of drug-likeness (QED) is 0.363. The molecule has 0 aromatic heterocycles. The number of hydrogen-bond donors (Lipinski definition) is 3. The summed E-state index contributed by atoms with van der Waals surface area (Å²) in [4.78, 5) is 8.40. The molecule has 8 heavy (non-hydrogen) atoms. The van der Waals surface area contributed by atoms with Crippen molar-refractivity contribution in [2.75, 3.05) is 6.54 Å². The van der Waals surface area contributed by atoms with E-state index >= 15 is 0 Å². The smallest absolute Gasteiger partial charge is 0.176 e. The summed E-state index contributed by atoms with van der Waals surface area (Å²) in [7, 11) is -1.51. The Bertz CT molecular complexity index is 89.0. The summed E-state index contributed by atoms with van der Waals surface area (Å²) in [5.41, 5.74) is 4.93. The average Bonchev–Trinajstić information content (AvgIpc) is 1.66. The number of nitriles is 1. The van der Waals surface area contributed by atoms with E-state index in [0.717, 1.165) is 0 Å². The zero-order chi connectivity index (χ0) is 6.41. The van der Waals surface area contributed by atoms with Crippen molar-refractivity contribution in [2.45, 2.75) is 6.42 Å². The number of rotatable bonds is 3. The third-order valence-electron chi connectivity index (χ3n) is 0.511. The lowest BCUT2D eigenvalue weighted by molar-refractivity contribution is 0.607. The van der Waals surface area contributed by atoms with Crippen LogP contribution < -0.4 is 10.6 Å². The standard InChI is InChI=1S/C3H8N3OP/c4-2-1-3-6-8(5)7/h6-7H,1,3,5H2. The van der Waals surface area contributed by atoms with Crippen molar-refractivity contribution >= 4 is 8.45 Å². The van der Waals surface area contributed by atoms with E-state index in [1.165, 1.54) is 0 Å². The highest BCUT2D eigenvalue weighted by molar-refractivity contribution is 7.46. The van der Waals surface area contributed by atoms with Crippen molar-refractivity contribution < 1.29 is 4.89 Å². The van der Waals surface area contributed by atoms with Crippen LogP contribution in [0.25, 0.3) is 0 Å². The molecule has 0 amide bonds. The predicted molar refractivity (Wildman–Crippen MR) is 31.6 cm³/mol. The summed E-state index contributed by atoms with van der Waals surface area (Å²) < 4.78 is 0. The zero-order valence-corrected chi connectivity index (χ0v) is 5.23. The van der Waals surface area contributed by atoms with Crippen LogP contribution in [0.15, 0.2) is 0 Å². The molecule has 1 atom stereocenters. The Morgan fingerprint density at radius 3 is 2.88 bits per heavy atom. The molecule has 0 aliphatic heterocycles. The maximum atomic E-state index is 8.40. The molecule has 4 nitrogen and oxygen atoms in total. The zero-order valence-electron chi connectivity index (χ0n) is 4.33. The van der Waals surface area contributed by atoms with Crippen LogP contribution in [-0.4, -0.2) is 11.4 Å². The fourth-order valence-electron chi connectivity index (χ4n) is 0.226. The highest BCUT2D eigenvalue weighted by Gasteiger charge is 1.90. The Morgan fingerprint density at radius 2 is 2.50 bits per heavy atom. The molecule has 0 aromatic carbocycles. The maximum Gasteiger partial charge on any atom is 0.176 e. The number of nitrogens with two attached hydrogens (primary N) is 1. The predicted octanol–water partition coefficient (Wildman–Crippen LogP) is -0.332.